The average molecular weight is 352 g/mol. The molecule has 0 unspecified atom stereocenters. The van der Waals surface area contributed by atoms with Gasteiger partial charge in [0.25, 0.3) is 0 Å². The van der Waals surface area contributed by atoms with Gasteiger partial charge in [0, 0.05) is 33.2 Å². The SMILES string of the molecule is CCOC(=O)C1CCN(C(=NCC(=O)N(C)C)NC2CCCC2)CC1. The van der Waals surface area contributed by atoms with Gasteiger partial charge in [-0.3, -0.25) is 9.59 Å². The van der Waals surface area contributed by atoms with Gasteiger partial charge in [0.05, 0.1) is 12.5 Å². The summed E-state index contributed by atoms with van der Waals surface area (Å²) in [7, 11) is 3.49. The smallest absolute Gasteiger partial charge is 0.309 e. The lowest BCUT2D eigenvalue weighted by molar-refractivity contribution is -0.149. The molecule has 2 fully saturated rings. The number of hydrogen-bond acceptors (Lipinski definition) is 4. The number of likely N-dealkylation sites (N-methyl/N-ethyl adjacent to an activating group) is 1. The summed E-state index contributed by atoms with van der Waals surface area (Å²) >= 11 is 0. The number of hydrogen-bond donors (Lipinski definition) is 1. The van der Waals surface area contributed by atoms with Crippen molar-refractivity contribution in [1.29, 1.82) is 0 Å². The average Bonchev–Trinajstić information content (AvgIpc) is 3.11. The lowest BCUT2D eigenvalue weighted by atomic mass is 9.97. The predicted octanol–water partition coefficient (Wildman–Crippen LogP) is 1.24. The van der Waals surface area contributed by atoms with Crippen molar-refractivity contribution >= 4 is 17.8 Å². The number of nitrogens with one attached hydrogen (secondary N) is 1. The van der Waals surface area contributed by atoms with Crippen LogP contribution in [-0.4, -0.2) is 74.0 Å². The van der Waals surface area contributed by atoms with Crippen molar-refractivity contribution in [3.63, 3.8) is 0 Å². The lowest BCUT2D eigenvalue weighted by Crippen LogP contribution is -2.49. The number of nitrogens with zero attached hydrogens (tertiary/aromatic N) is 3. The van der Waals surface area contributed by atoms with Crippen LogP contribution in [0.5, 0.6) is 0 Å². The fourth-order valence-electron chi connectivity index (χ4n) is 3.36. The van der Waals surface area contributed by atoms with Crippen LogP contribution in [-0.2, 0) is 14.3 Å². The zero-order valence-corrected chi connectivity index (χ0v) is 15.8. The number of aliphatic imine (C=N–C) groups is 1. The topological polar surface area (TPSA) is 74.2 Å². The number of rotatable bonds is 5. The molecule has 25 heavy (non-hydrogen) atoms. The molecule has 0 aromatic rings. The second-order valence-corrected chi connectivity index (χ2v) is 7.07. The van der Waals surface area contributed by atoms with Crippen LogP contribution in [0.15, 0.2) is 4.99 Å². The van der Waals surface area contributed by atoms with E-state index in [4.69, 9.17) is 4.74 Å². The minimum absolute atomic E-state index is 0.00729. The molecule has 1 saturated carbocycles. The van der Waals surface area contributed by atoms with E-state index in [1.165, 1.54) is 12.8 Å². The first-order chi connectivity index (χ1) is 12.0. The molecule has 1 saturated heterocycles. The zero-order chi connectivity index (χ0) is 18.2. The monoisotopic (exact) mass is 352 g/mol. The molecule has 2 aliphatic rings. The number of esters is 1. The van der Waals surface area contributed by atoms with E-state index in [-0.39, 0.29) is 24.3 Å². The summed E-state index contributed by atoms with van der Waals surface area (Å²) in [6, 6.07) is 0.441. The quantitative estimate of drug-likeness (QED) is 0.458. The number of carbonyl (C=O) groups excluding carboxylic acids is 2. The van der Waals surface area contributed by atoms with E-state index in [1.807, 2.05) is 6.92 Å². The number of carbonyl (C=O) groups is 2. The van der Waals surface area contributed by atoms with E-state index in [1.54, 1.807) is 19.0 Å². The van der Waals surface area contributed by atoms with Crippen LogP contribution in [0.25, 0.3) is 0 Å². The first-order valence-corrected chi connectivity index (χ1v) is 9.44. The highest BCUT2D eigenvalue weighted by Gasteiger charge is 2.28. The summed E-state index contributed by atoms with van der Waals surface area (Å²) in [4.78, 5) is 32.1. The number of likely N-dealkylation sites (tertiary alicyclic amines) is 1. The number of guanidine groups is 1. The van der Waals surface area contributed by atoms with Crippen LogP contribution < -0.4 is 5.32 Å². The standard InChI is InChI=1S/C18H32N4O3/c1-4-25-17(24)14-9-11-22(12-10-14)18(19-13-16(23)21(2)3)20-15-7-5-6-8-15/h14-15H,4-13H2,1-3H3,(H,19,20). The Hall–Kier alpha value is -1.79. The van der Waals surface area contributed by atoms with Crippen LogP contribution in [0.4, 0.5) is 0 Å². The highest BCUT2D eigenvalue weighted by Crippen LogP contribution is 2.21. The van der Waals surface area contributed by atoms with Gasteiger partial charge >= 0.3 is 5.97 Å². The van der Waals surface area contributed by atoms with E-state index in [9.17, 15) is 9.59 Å². The van der Waals surface area contributed by atoms with Gasteiger partial charge in [-0.2, -0.15) is 0 Å². The zero-order valence-electron chi connectivity index (χ0n) is 15.8. The molecule has 1 amide bonds. The van der Waals surface area contributed by atoms with Crippen molar-refractivity contribution in [3.05, 3.63) is 0 Å². The Morgan fingerprint density at radius 1 is 1.16 bits per heavy atom. The van der Waals surface area contributed by atoms with Crippen LogP contribution in [0.1, 0.15) is 45.4 Å². The van der Waals surface area contributed by atoms with Gasteiger partial charge in [0.2, 0.25) is 5.91 Å². The Labute approximate surface area is 150 Å². The van der Waals surface area contributed by atoms with Crippen LogP contribution in [0.3, 0.4) is 0 Å². The molecule has 0 aromatic carbocycles. The maximum Gasteiger partial charge on any atom is 0.309 e. The van der Waals surface area contributed by atoms with Gasteiger partial charge in [-0.1, -0.05) is 12.8 Å². The summed E-state index contributed by atoms with van der Waals surface area (Å²) in [6.07, 6.45) is 6.33. The first kappa shape index (κ1) is 19.5. The summed E-state index contributed by atoms with van der Waals surface area (Å²) in [6.45, 7) is 3.95. The van der Waals surface area contributed by atoms with Gasteiger partial charge < -0.3 is 19.9 Å². The van der Waals surface area contributed by atoms with Crippen molar-refractivity contribution in [3.8, 4) is 0 Å². The summed E-state index contributed by atoms with van der Waals surface area (Å²) in [5.41, 5.74) is 0. The Bertz CT molecular complexity index is 479. The van der Waals surface area contributed by atoms with E-state index in [0.29, 0.717) is 12.6 Å². The van der Waals surface area contributed by atoms with Gasteiger partial charge in [0.1, 0.15) is 6.54 Å². The predicted molar refractivity (Wildman–Crippen MR) is 97.3 cm³/mol. The minimum Gasteiger partial charge on any atom is -0.466 e. The van der Waals surface area contributed by atoms with E-state index < -0.39 is 0 Å². The molecule has 0 spiro atoms. The second kappa shape index (κ2) is 9.63. The lowest BCUT2D eigenvalue weighted by Gasteiger charge is -2.34. The van der Waals surface area contributed by atoms with Crippen LogP contribution >= 0.6 is 0 Å². The Balaban J connectivity index is 1.96. The van der Waals surface area contributed by atoms with E-state index in [0.717, 1.165) is 44.7 Å². The maximum atomic E-state index is 11.9. The van der Waals surface area contributed by atoms with Crippen LogP contribution in [0, 0.1) is 5.92 Å². The third-order valence-corrected chi connectivity index (χ3v) is 4.97. The minimum atomic E-state index is -0.0906. The number of ether oxygens (including phenoxy) is 1. The van der Waals surface area contributed by atoms with Gasteiger partial charge in [0.15, 0.2) is 5.96 Å². The second-order valence-electron chi connectivity index (χ2n) is 7.07. The van der Waals surface area contributed by atoms with Gasteiger partial charge in [-0.15, -0.1) is 0 Å². The normalized spacial score (nSPS) is 19.8. The Morgan fingerprint density at radius 2 is 1.80 bits per heavy atom. The van der Waals surface area contributed by atoms with Crippen molar-refractivity contribution in [2.24, 2.45) is 10.9 Å². The largest absolute Gasteiger partial charge is 0.466 e. The molecular weight excluding hydrogens is 320 g/mol. The Kier molecular flexibility index (Phi) is 7.52. The Morgan fingerprint density at radius 3 is 2.36 bits per heavy atom. The highest BCUT2D eigenvalue weighted by molar-refractivity contribution is 5.85. The molecule has 1 aliphatic heterocycles. The van der Waals surface area contributed by atoms with Crippen LogP contribution in [0.2, 0.25) is 0 Å². The summed E-state index contributed by atoms with van der Waals surface area (Å²) in [5, 5.41) is 3.54. The fourth-order valence-corrected chi connectivity index (χ4v) is 3.36. The molecule has 0 aromatic heterocycles. The summed E-state index contributed by atoms with van der Waals surface area (Å²) < 4.78 is 5.14. The van der Waals surface area contributed by atoms with E-state index >= 15 is 0 Å². The molecule has 0 atom stereocenters. The molecule has 1 aliphatic carbocycles. The molecular formula is C18H32N4O3. The molecule has 7 heteroatoms. The molecule has 142 valence electrons. The summed E-state index contributed by atoms with van der Waals surface area (Å²) in [5.74, 6) is 0.691. The fraction of sp³-hybridized carbons (Fsp3) is 0.833. The van der Waals surface area contributed by atoms with E-state index in [2.05, 4.69) is 15.2 Å². The molecule has 1 N–H and O–H groups in total. The van der Waals surface area contributed by atoms with Crippen molar-refractivity contribution in [2.45, 2.75) is 51.5 Å². The molecule has 0 radical (unpaired) electrons. The number of amides is 1. The molecule has 2 rings (SSSR count). The van der Waals surface area contributed by atoms with Gasteiger partial charge in [-0.05, 0) is 32.6 Å². The number of piperidine rings is 1. The third-order valence-electron chi connectivity index (χ3n) is 4.97. The molecule has 7 nitrogen and oxygen atoms in total. The van der Waals surface area contributed by atoms with Crippen molar-refractivity contribution < 1.29 is 14.3 Å². The molecule has 0 bridgehead atoms. The first-order valence-electron chi connectivity index (χ1n) is 9.44. The van der Waals surface area contributed by atoms with Crippen molar-refractivity contribution in [2.75, 3.05) is 40.3 Å². The maximum absolute atomic E-state index is 11.9. The highest BCUT2D eigenvalue weighted by atomic mass is 16.5. The van der Waals surface area contributed by atoms with Gasteiger partial charge in [-0.25, -0.2) is 4.99 Å². The third kappa shape index (κ3) is 5.90. The molecule has 1 heterocycles. The van der Waals surface area contributed by atoms with Crippen molar-refractivity contribution in [1.82, 2.24) is 15.1 Å².